The van der Waals surface area contributed by atoms with Crippen molar-refractivity contribution in [3.63, 3.8) is 0 Å². The molecule has 0 saturated heterocycles. The van der Waals surface area contributed by atoms with Gasteiger partial charge < -0.3 is 5.11 Å². The lowest BCUT2D eigenvalue weighted by molar-refractivity contribution is 0.0940. The average molecular weight is 262 g/mol. The summed E-state index contributed by atoms with van der Waals surface area (Å²) < 4.78 is 12.9. The van der Waals surface area contributed by atoms with Gasteiger partial charge in [-0.25, -0.2) is 4.39 Å². The van der Waals surface area contributed by atoms with Gasteiger partial charge in [-0.2, -0.15) is 0 Å². The first kappa shape index (κ1) is 14.3. The molecule has 0 fully saturated rings. The van der Waals surface area contributed by atoms with Crippen LogP contribution in [0.4, 0.5) is 4.39 Å². The molecule has 1 aliphatic rings. The highest BCUT2D eigenvalue weighted by atomic mass is 19.1. The maximum Gasteiger partial charge on any atom is 0.123 e. The molecule has 1 N–H and O–H groups in total. The van der Waals surface area contributed by atoms with Crippen molar-refractivity contribution in [3.8, 4) is 0 Å². The minimum absolute atomic E-state index is 0.228. The number of halogens is 1. The Kier molecular flexibility index (Phi) is 4.76. The zero-order valence-electron chi connectivity index (χ0n) is 11.7. The van der Waals surface area contributed by atoms with Crippen molar-refractivity contribution in [2.24, 2.45) is 0 Å². The molecule has 2 rings (SSSR count). The van der Waals surface area contributed by atoms with E-state index in [4.69, 9.17) is 0 Å². The molecule has 1 aliphatic carbocycles. The molecular formula is C17H23FO. The van der Waals surface area contributed by atoms with Gasteiger partial charge in [0.05, 0.1) is 5.60 Å². The Morgan fingerprint density at radius 1 is 1.11 bits per heavy atom. The van der Waals surface area contributed by atoms with Crippen LogP contribution in [-0.2, 0) is 6.42 Å². The van der Waals surface area contributed by atoms with Crippen LogP contribution in [0.3, 0.4) is 0 Å². The predicted molar refractivity (Wildman–Crippen MR) is 76.5 cm³/mol. The minimum atomic E-state index is -0.810. The van der Waals surface area contributed by atoms with Gasteiger partial charge in [-0.15, -0.1) is 0 Å². The first-order valence-electron chi connectivity index (χ1n) is 7.24. The van der Waals surface area contributed by atoms with E-state index in [1.165, 1.54) is 31.4 Å². The van der Waals surface area contributed by atoms with Crippen LogP contribution in [-0.4, -0.2) is 10.7 Å². The van der Waals surface area contributed by atoms with Gasteiger partial charge in [0.15, 0.2) is 0 Å². The first-order chi connectivity index (χ1) is 9.08. The van der Waals surface area contributed by atoms with Crippen molar-refractivity contribution in [1.29, 1.82) is 0 Å². The first-order valence-corrected chi connectivity index (χ1v) is 7.24. The monoisotopic (exact) mass is 262 g/mol. The van der Waals surface area contributed by atoms with Gasteiger partial charge in [0, 0.05) is 6.42 Å². The molecule has 1 aromatic carbocycles. The van der Waals surface area contributed by atoms with Crippen molar-refractivity contribution in [2.75, 3.05) is 0 Å². The highest BCUT2D eigenvalue weighted by Crippen LogP contribution is 2.29. The molecule has 0 amide bonds. The summed E-state index contributed by atoms with van der Waals surface area (Å²) >= 11 is 0. The summed E-state index contributed by atoms with van der Waals surface area (Å²) in [6.45, 7) is 1.88. The second-order valence-corrected chi connectivity index (χ2v) is 5.76. The van der Waals surface area contributed by atoms with Gasteiger partial charge in [-0.05, 0) is 55.9 Å². The molecule has 0 saturated carbocycles. The molecule has 1 nitrogen and oxygen atoms in total. The maximum absolute atomic E-state index is 12.9. The van der Waals surface area contributed by atoms with E-state index in [0.29, 0.717) is 6.42 Å². The summed E-state index contributed by atoms with van der Waals surface area (Å²) in [5.41, 5.74) is 1.32. The van der Waals surface area contributed by atoms with Gasteiger partial charge in [0.25, 0.3) is 0 Å². The quantitative estimate of drug-likeness (QED) is 0.800. The van der Waals surface area contributed by atoms with Crippen LogP contribution in [0.5, 0.6) is 0 Å². The topological polar surface area (TPSA) is 20.2 Å². The standard InChI is InChI=1S/C17H23FO/c1-17(19,13-14-9-11-16(18)12-10-14)15-7-5-3-2-4-6-8-15/h7,9-12,19H,2-6,8,13H2,1H3/b15-7+. The molecule has 2 heteroatoms. The van der Waals surface area contributed by atoms with Crippen molar-refractivity contribution < 1.29 is 9.50 Å². The molecule has 0 spiro atoms. The van der Waals surface area contributed by atoms with E-state index in [2.05, 4.69) is 6.08 Å². The van der Waals surface area contributed by atoms with Gasteiger partial charge >= 0.3 is 0 Å². The van der Waals surface area contributed by atoms with E-state index in [1.807, 2.05) is 6.92 Å². The fourth-order valence-electron chi connectivity index (χ4n) is 2.79. The fourth-order valence-corrected chi connectivity index (χ4v) is 2.79. The average Bonchev–Trinajstić information content (AvgIpc) is 2.31. The maximum atomic E-state index is 12.9. The Balaban J connectivity index is 2.09. The summed E-state index contributed by atoms with van der Waals surface area (Å²) in [7, 11) is 0. The summed E-state index contributed by atoms with van der Waals surface area (Å²) in [6, 6.07) is 6.43. The smallest absolute Gasteiger partial charge is 0.123 e. The zero-order valence-corrected chi connectivity index (χ0v) is 11.7. The molecule has 1 atom stereocenters. The van der Waals surface area contributed by atoms with Crippen LogP contribution in [0.15, 0.2) is 35.9 Å². The van der Waals surface area contributed by atoms with Crippen LogP contribution in [0.1, 0.15) is 51.0 Å². The SMILES string of the molecule is CC(O)(Cc1ccc(F)cc1)/C1=C/CCCCCC1. The summed E-state index contributed by atoms with van der Waals surface area (Å²) in [5, 5.41) is 10.7. The van der Waals surface area contributed by atoms with E-state index < -0.39 is 5.60 Å². The normalized spacial score (nSPS) is 22.8. The summed E-state index contributed by atoms with van der Waals surface area (Å²) in [5.74, 6) is -0.228. The molecule has 0 radical (unpaired) electrons. The fraction of sp³-hybridized carbons (Fsp3) is 0.529. The van der Waals surface area contributed by atoms with Crippen molar-refractivity contribution in [1.82, 2.24) is 0 Å². The highest BCUT2D eigenvalue weighted by Gasteiger charge is 2.26. The lowest BCUT2D eigenvalue weighted by atomic mass is 9.84. The Bertz CT molecular complexity index is 431. The minimum Gasteiger partial charge on any atom is -0.385 e. The zero-order chi connectivity index (χ0) is 13.7. The van der Waals surface area contributed by atoms with Crippen molar-refractivity contribution >= 4 is 0 Å². The van der Waals surface area contributed by atoms with Crippen LogP contribution >= 0.6 is 0 Å². The lowest BCUT2D eigenvalue weighted by Crippen LogP contribution is -2.30. The number of hydrogen-bond donors (Lipinski definition) is 1. The van der Waals surface area contributed by atoms with E-state index in [1.54, 1.807) is 12.1 Å². The van der Waals surface area contributed by atoms with Crippen molar-refractivity contribution in [3.05, 3.63) is 47.3 Å². The molecule has 0 aliphatic heterocycles. The van der Waals surface area contributed by atoms with E-state index in [0.717, 1.165) is 30.4 Å². The lowest BCUT2D eigenvalue weighted by Gasteiger charge is -2.28. The Morgan fingerprint density at radius 3 is 2.53 bits per heavy atom. The molecule has 0 aromatic heterocycles. The second-order valence-electron chi connectivity index (χ2n) is 5.76. The molecule has 0 heterocycles. The molecule has 19 heavy (non-hydrogen) atoms. The summed E-state index contributed by atoms with van der Waals surface area (Å²) in [6.07, 6.45) is 9.74. The Morgan fingerprint density at radius 2 is 1.79 bits per heavy atom. The van der Waals surface area contributed by atoms with Gasteiger partial charge in [-0.3, -0.25) is 0 Å². The third kappa shape index (κ3) is 4.17. The van der Waals surface area contributed by atoms with Crippen molar-refractivity contribution in [2.45, 2.75) is 57.5 Å². The molecule has 104 valence electrons. The van der Waals surface area contributed by atoms with Crippen LogP contribution in [0, 0.1) is 5.82 Å². The molecule has 0 bridgehead atoms. The van der Waals surface area contributed by atoms with Gasteiger partial charge in [-0.1, -0.05) is 31.1 Å². The predicted octanol–water partition coefficient (Wildman–Crippen LogP) is 4.40. The highest BCUT2D eigenvalue weighted by molar-refractivity contribution is 5.24. The molecule has 1 unspecified atom stereocenters. The van der Waals surface area contributed by atoms with Crippen LogP contribution in [0.2, 0.25) is 0 Å². The Labute approximate surface area is 115 Å². The largest absolute Gasteiger partial charge is 0.385 e. The van der Waals surface area contributed by atoms with E-state index in [9.17, 15) is 9.50 Å². The molecule has 1 aromatic rings. The third-order valence-electron chi connectivity index (χ3n) is 3.94. The summed E-state index contributed by atoms with van der Waals surface area (Å²) in [4.78, 5) is 0. The van der Waals surface area contributed by atoms with Gasteiger partial charge in [0.1, 0.15) is 5.82 Å². The Hall–Kier alpha value is -1.15. The van der Waals surface area contributed by atoms with Crippen LogP contribution in [0.25, 0.3) is 0 Å². The number of allylic oxidation sites excluding steroid dienone is 1. The van der Waals surface area contributed by atoms with Gasteiger partial charge in [0.2, 0.25) is 0 Å². The number of hydrogen-bond acceptors (Lipinski definition) is 1. The van der Waals surface area contributed by atoms with Crippen LogP contribution < -0.4 is 0 Å². The van der Waals surface area contributed by atoms with E-state index in [-0.39, 0.29) is 5.82 Å². The second kappa shape index (κ2) is 6.33. The third-order valence-corrected chi connectivity index (χ3v) is 3.94. The van der Waals surface area contributed by atoms with E-state index >= 15 is 0 Å². The number of aliphatic hydroxyl groups is 1. The molecular weight excluding hydrogens is 239 g/mol. The number of rotatable bonds is 3. The number of benzene rings is 1.